The van der Waals surface area contributed by atoms with Crippen LogP contribution < -0.4 is 4.74 Å². The van der Waals surface area contributed by atoms with Gasteiger partial charge in [0.2, 0.25) is 0 Å². The molecule has 184 valence electrons. The summed E-state index contributed by atoms with van der Waals surface area (Å²) in [7, 11) is 1.65. The van der Waals surface area contributed by atoms with E-state index in [0.717, 1.165) is 16.9 Å². The second-order valence-electron chi connectivity index (χ2n) is 10.0. The van der Waals surface area contributed by atoms with Gasteiger partial charge in [-0.1, -0.05) is 30.3 Å². The van der Waals surface area contributed by atoms with Crippen molar-refractivity contribution < 1.29 is 33.2 Å². The standard InChI is InChI=1S/C27H34O7/c1-25(2)29-17-22(32-25)24-23-21(31-26(3,4)33-23)15-27(34-24,19-11-13-20(28-5)14-12-19)30-16-18-9-7-6-8-10-18/h6-14,21-24H,15-17H2,1-5H3/t21-,22-,23-,24-,27+/m1/s1. The Morgan fingerprint density at radius 3 is 2.12 bits per heavy atom. The Hall–Kier alpha value is -2.00. The minimum atomic E-state index is -1.06. The summed E-state index contributed by atoms with van der Waals surface area (Å²) in [4.78, 5) is 0. The van der Waals surface area contributed by atoms with Gasteiger partial charge in [-0.15, -0.1) is 0 Å². The normalized spacial score (nSPS) is 34.0. The summed E-state index contributed by atoms with van der Waals surface area (Å²) in [5.41, 5.74) is 1.95. The van der Waals surface area contributed by atoms with Crippen molar-refractivity contribution in [2.45, 2.75) is 82.5 Å². The van der Waals surface area contributed by atoms with E-state index < -0.39 is 23.5 Å². The van der Waals surface area contributed by atoms with Crippen molar-refractivity contribution in [2.24, 2.45) is 0 Å². The van der Waals surface area contributed by atoms with Crippen LogP contribution >= 0.6 is 0 Å². The van der Waals surface area contributed by atoms with E-state index in [1.165, 1.54) is 0 Å². The van der Waals surface area contributed by atoms with E-state index in [1.807, 2.05) is 82.3 Å². The van der Waals surface area contributed by atoms with Crippen LogP contribution in [0.15, 0.2) is 54.6 Å². The van der Waals surface area contributed by atoms with E-state index in [9.17, 15) is 0 Å². The van der Waals surface area contributed by atoms with Crippen LogP contribution in [0.1, 0.15) is 45.2 Å². The molecule has 0 radical (unpaired) electrons. The molecule has 3 aliphatic heterocycles. The molecule has 2 aromatic carbocycles. The largest absolute Gasteiger partial charge is 0.497 e. The second-order valence-corrected chi connectivity index (χ2v) is 10.0. The molecule has 0 bridgehead atoms. The summed E-state index contributed by atoms with van der Waals surface area (Å²) in [5, 5.41) is 0. The number of hydrogen-bond acceptors (Lipinski definition) is 7. The molecular formula is C27H34O7. The third kappa shape index (κ3) is 4.73. The number of ether oxygens (including phenoxy) is 7. The van der Waals surface area contributed by atoms with Gasteiger partial charge in [-0.05, 0) is 57.5 Å². The average molecular weight is 471 g/mol. The zero-order chi connectivity index (χ0) is 24.0. The van der Waals surface area contributed by atoms with Crippen LogP contribution in [0.4, 0.5) is 0 Å². The first-order valence-corrected chi connectivity index (χ1v) is 11.9. The minimum Gasteiger partial charge on any atom is -0.497 e. The van der Waals surface area contributed by atoms with Crippen LogP contribution in [-0.4, -0.2) is 49.7 Å². The molecule has 5 rings (SSSR count). The summed E-state index contributed by atoms with van der Waals surface area (Å²) in [6.45, 7) is 8.46. The fraction of sp³-hybridized carbons (Fsp3) is 0.556. The van der Waals surface area contributed by atoms with Crippen molar-refractivity contribution >= 4 is 0 Å². The van der Waals surface area contributed by atoms with Gasteiger partial charge in [0.1, 0.15) is 24.1 Å². The Morgan fingerprint density at radius 1 is 0.794 bits per heavy atom. The van der Waals surface area contributed by atoms with Crippen molar-refractivity contribution in [2.75, 3.05) is 13.7 Å². The summed E-state index contributed by atoms with van der Waals surface area (Å²) in [6.07, 6.45) is -0.824. The van der Waals surface area contributed by atoms with Crippen molar-refractivity contribution in [1.29, 1.82) is 0 Å². The SMILES string of the molecule is COc1ccc([C@]2(OCc3ccccc3)C[C@H]3OC(C)(C)O[C@H]3[C@@H]([C@H]3COC(C)(C)O3)O2)cc1. The number of benzene rings is 2. The predicted molar refractivity (Wildman–Crippen MR) is 124 cm³/mol. The highest BCUT2D eigenvalue weighted by Crippen LogP contribution is 2.48. The van der Waals surface area contributed by atoms with E-state index in [1.54, 1.807) is 7.11 Å². The Morgan fingerprint density at radius 2 is 1.47 bits per heavy atom. The molecule has 0 N–H and O–H groups in total. The molecule has 3 fully saturated rings. The van der Waals surface area contributed by atoms with Gasteiger partial charge in [-0.25, -0.2) is 0 Å². The van der Waals surface area contributed by atoms with Gasteiger partial charge < -0.3 is 33.2 Å². The summed E-state index contributed by atoms with van der Waals surface area (Å²) in [6, 6.07) is 17.9. The molecule has 34 heavy (non-hydrogen) atoms. The van der Waals surface area contributed by atoms with E-state index in [4.69, 9.17) is 33.2 Å². The molecule has 3 aliphatic rings. The highest BCUT2D eigenvalue weighted by molar-refractivity contribution is 5.31. The minimum absolute atomic E-state index is 0.237. The first-order chi connectivity index (χ1) is 16.2. The van der Waals surface area contributed by atoms with Gasteiger partial charge in [-0.2, -0.15) is 0 Å². The van der Waals surface area contributed by atoms with Gasteiger partial charge >= 0.3 is 0 Å². The van der Waals surface area contributed by atoms with Crippen LogP contribution in [0.3, 0.4) is 0 Å². The molecule has 5 atom stereocenters. The first-order valence-electron chi connectivity index (χ1n) is 11.9. The number of fused-ring (bicyclic) bond motifs is 1. The van der Waals surface area contributed by atoms with Gasteiger partial charge in [-0.3, -0.25) is 0 Å². The van der Waals surface area contributed by atoms with Crippen molar-refractivity contribution in [3.63, 3.8) is 0 Å². The molecule has 7 nitrogen and oxygen atoms in total. The lowest BCUT2D eigenvalue weighted by atomic mass is 9.88. The second kappa shape index (κ2) is 8.90. The molecule has 3 heterocycles. The highest BCUT2D eigenvalue weighted by atomic mass is 16.8. The fourth-order valence-corrected chi connectivity index (χ4v) is 5.05. The molecule has 2 aromatic rings. The predicted octanol–water partition coefficient (Wildman–Crippen LogP) is 4.53. The van der Waals surface area contributed by atoms with Crippen molar-refractivity contribution in [3.05, 3.63) is 65.7 Å². The van der Waals surface area contributed by atoms with Gasteiger partial charge in [0.15, 0.2) is 17.4 Å². The first kappa shape index (κ1) is 23.7. The van der Waals surface area contributed by atoms with Crippen molar-refractivity contribution in [3.8, 4) is 5.75 Å². The van der Waals surface area contributed by atoms with Crippen LogP contribution in [0, 0.1) is 0 Å². The quantitative estimate of drug-likeness (QED) is 0.615. The molecule has 0 saturated carbocycles. The molecule has 0 aromatic heterocycles. The number of hydrogen-bond donors (Lipinski definition) is 0. The highest BCUT2D eigenvalue weighted by Gasteiger charge is 2.59. The number of rotatable bonds is 6. The maximum Gasteiger partial charge on any atom is 0.198 e. The monoisotopic (exact) mass is 470 g/mol. The number of methoxy groups -OCH3 is 1. The summed E-state index contributed by atoms with van der Waals surface area (Å²) >= 11 is 0. The van der Waals surface area contributed by atoms with E-state index in [-0.39, 0.29) is 18.3 Å². The third-order valence-corrected chi connectivity index (χ3v) is 6.58. The molecule has 0 unspecified atom stereocenters. The van der Waals surface area contributed by atoms with Crippen LogP contribution in [-0.2, 0) is 40.8 Å². The van der Waals surface area contributed by atoms with E-state index in [2.05, 4.69) is 0 Å². The maximum absolute atomic E-state index is 6.87. The Balaban J connectivity index is 1.52. The van der Waals surface area contributed by atoms with Gasteiger partial charge in [0.25, 0.3) is 0 Å². The molecule has 7 heteroatoms. The molecule has 0 amide bonds. The average Bonchev–Trinajstić information content (AvgIpc) is 3.34. The fourth-order valence-electron chi connectivity index (χ4n) is 5.05. The molecule has 0 aliphatic carbocycles. The Labute approximate surface area is 201 Å². The smallest absolute Gasteiger partial charge is 0.198 e. The third-order valence-electron chi connectivity index (χ3n) is 6.58. The van der Waals surface area contributed by atoms with Crippen molar-refractivity contribution in [1.82, 2.24) is 0 Å². The summed E-state index contributed by atoms with van der Waals surface area (Å²) in [5.74, 6) is -1.72. The maximum atomic E-state index is 6.87. The lowest BCUT2D eigenvalue weighted by molar-refractivity contribution is -0.334. The lowest BCUT2D eigenvalue weighted by Gasteiger charge is -2.46. The van der Waals surface area contributed by atoms with Crippen LogP contribution in [0.5, 0.6) is 5.75 Å². The Kier molecular flexibility index (Phi) is 6.21. The van der Waals surface area contributed by atoms with Gasteiger partial charge in [0.05, 0.1) is 26.4 Å². The van der Waals surface area contributed by atoms with E-state index >= 15 is 0 Å². The Bertz CT molecular complexity index is 974. The van der Waals surface area contributed by atoms with Crippen LogP contribution in [0.2, 0.25) is 0 Å². The summed E-state index contributed by atoms with van der Waals surface area (Å²) < 4.78 is 43.7. The topological polar surface area (TPSA) is 64.6 Å². The zero-order valence-electron chi connectivity index (χ0n) is 20.5. The van der Waals surface area contributed by atoms with Crippen LogP contribution in [0.25, 0.3) is 0 Å². The molecule has 3 saturated heterocycles. The zero-order valence-corrected chi connectivity index (χ0v) is 20.5. The lowest BCUT2D eigenvalue weighted by Crippen LogP contribution is -2.57. The van der Waals surface area contributed by atoms with E-state index in [0.29, 0.717) is 19.6 Å². The van der Waals surface area contributed by atoms with Gasteiger partial charge in [0, 0.05) is 12.0 Å². The molecular weight excluding hydrogens is 436 g/mol. The molecule has 0 spiro atoms.